The van der Waals surface area contributed by atoms with Gasteiger partial charge in [-0.25, -0.2) is 4.39 Å². The van der Waals surface area contributed by atoms with E-state index in [0.29, 0.717) is 19.0 Å². The van der Waals surface area contributed by atoms with Gasteiger partial charge in [-0.1, -0.05) is 30.3 Å². The van der Waals surface area contributed by atoms with Crippen molar-refractivity contribution in [2.24, 2.45) is 5.92 Å². The highest BCUT2D eigenvalue weighted by molar-refractivity contribution is 6.23. The molecule has 0 radical (unpaired) electrons. The molecule has 4 aliphatic rings. The van der Waals surface area contributed by atoms with E-state index in [0.717, 1.165) is 62.1 Å². The third kappa shape index (κ3) is 5.65. The van der Waals surface area contributed by atoms with Crippen LogP contribution in [-0.2, 0) is 14.4 Å². The molecule has 0 bridgehead atoms. The van der Waals surface area contributed by atoms with E-state index in [2.05, 4.69) is 10.2 Å². The maximum absolute atomic E-state index is 15.3. The molecule has 0 saturated carbocycles. The number of halogens is 1. The first-order chi connectivity index (χ1) is 20.7. The largest absolute Gasteiger partial charge is 0.367 e. The monoisotopic (exact) mass is 589 g/mol. The zero-order valence-corrected chi connectivity index (χ0v) is 24.3. The fraction of sp³-hybridized carbons (Fsp3) is 0.469. The van der Waals surface area contributed by atoms with Gasteiger partial charge in [0.05, 0.1) is 22.7 Å². The molecule has 4 aliphatic heterocycles. The number of anilines is 1. The molecule has 10 nitrogen and oxygen atoms in total. The van der Waals surface area contributed by atoms with Crippen molar-refractivity contribution in [3.8, 4) is 0 Å². The molecule has 2 aromatic carbocycles. The predicted molar refractivity (Wildman–Crippen MR) is 156 cm³/mol. The number of nitrogens with one attached hydrogen (secondary N) is 1. The molecular weight excluding hydrogens is 553 g/mol. The molecule has 0 aromatic heterocycles. The highest BCUT2D eigenvalue weighted by atomic mass is 19.1. The molecule has 2 aromatic rings. The Bertz CT molecular complexity index is 1450. The summed E-state index contributed by atoms with van der Waals surface area (Å²) in [6.07, 6.45) is 1.98. The second kappa shape index (κ2) is 11.9. The van der Waals surface area contributed by atoms with Crippen molar-refractivity contribution in [2.75, 3.05) is 50.7 Å². The number of imide groups is 2. The van der Waals surface area contributed by atoms with E-state index in [1.54, 1.807) is 0 Å². The summed E-state index contributed by atoms with van der Waals surface area (Å²) in [4.78, 5) is 70.2. The van der Waals surface area contributed by atoms with Crippen molar-refractivity contribution in [2.45, 2.75) is 44.6 Å². The number of carbonyl (C=O) groups is 5. The standard InChI is InChI=1S/C32H36FN5O5/c1-20(22-5-3-2-4-6-22)30(41)37-11-9-21(10-12-37)19-35-13-15-36(16-14-35)27-18-24-23(17-25(27)33)31(42)38(32(24)43)26-7-8-28(39)34-29(26)40/h2-6,17-18,20-21,26H,7-16,19H2,1H3,(H,34,39,40). The van der Waals surface area contributed by atoms with Gasteiger partial charge in [-0.05, 0) is 49.8 Å². The smallest absolute Gasteiger partial charge is 0.262 e. The maximum atomic E-state index is 15.3. The Morgan fingerprint density at radius 2 is 1.56 bits per heavy atom. The van der Waals surface area contributed by atoms with E-state index in [-0.39, 0.29) is 41.5 Å². The second-order valence-electron chi connectivity index (χ2n) is 12.0. The molecule has 0 spiro atoms. The fourth-order valence-corrected chi connectivity index (χ4v) is 6.75. The van der Waals surface area contributed by atoms with Gasteiger partial charge in [0.15, 0.2) is 0 Å². The maximum Gasteiger partial charge on any atom is 0.262 e. The van der Waals surface area contributed by atoms with E-state index < -0.39 is 35.5 Å². The number of piperidine rings is 2. The quantitative estimate of drug-likeness (QED) is 0.516. The Morgan fingerprint density at radius 3 is 2.21 bits per heavy atom. The Balaban J connectivity index is 1.02. The number of piperazine rings is 1. The van der Waals surface area contributed by atoms with E-state index in [1.807, 2.05) is 47.1 Å². The summed E-state index contributed by atoms with van der Waals surface area (Å²) < 4.78 is 15.3. The number of carbonyl (C=O) groups excluding carboxylic acids is 5. The minimum Gasteiger partial charge on any atom is -0.367 e. The first-order valence-corrected chi connectivity index (χ1v) is 15.1. The van der Waals surface area contributed by atoms with Crippen molar-refractivity contribution >= 4 is 35.2 Å². The Kier molecular flexibility index (Phi) is 8.00. The number of fused-ring (bicyclic) bond motifs is 1. The van der Waals surface area contributed by atoms with Gasteiger partial charge in [-0.2, -0.15) is 0 Å². The molecule has 2 atom stereocenters. The number of hydrogen-bond acceptors (Lipinski definition) is 7. The Labute approximate surface area is 249 Å². The fourth-order valence-electron chi connectivity index (χ4n) is 6.75. The molecule has 3 fully saturated rings. The van der Waals surface area contributed by atoms with Gasteiger partial charge in [0.25, 0.3) is 11.8 Å². The van der Waals surface area contributed by atoms with Gasteiger partial charge < -0.3 is 9.80 Å². The van der Waals surface area contributed by atoms with Gasteiger partial charge in [-0.15, -0.1) is 0 Å². The molecular formula is C32H36FN5O5. The van der Waals surface area contributed by atoms with Crippen LogP contribution >= 0.6 is 0 Å². The lowest BCUT2D eigenvalue weighted by molar-refractivity contribution is -0.136. The molecule has 226 valence electrons. The minimum atomic E-state index is -1.09. The van der Waals surface area contributed by atoms with Crippen LogP contribution in [0.25, 0.3) is 0 Å². The molecule has 1 N–H and O–H groups in total. The first kappa shape index (κ1) is 29.0. The van der Waals surface area contributed by atoms with Gasteiger partial charge in [0, 0.05) is 52.2 Å². The summed E-state index contributed by atoms with van der Waals surface area (Å²) in [6, 6.07) is 11.3. The van der Waals surface area contributed by atoms with E-state index in [4.69, 9.17) is 0 Å². The summed E-state index contributed by atoms with van der Waals surface area (Å²) in [5.74, 6) is -2.57. The lowest BCUT2D eigenvalue weighted by Crippen LogP contribution is -2.54. The molecule has 43 heavy (non-hydrogen) atoms. The lowest BCUT2D eigenvalue weighted by atomic mass is 9.93. The zero-order valence-electron chi connectivity index (χ0n) is 24.3. The molecule has 3 saturated heterocycles. The van der Waals surface area contributed by atoms with Crippen LogP contribution in [0.3, 0.4) is 0 Å². The van der Waals surface area contributed by atoms with Gasteiger partial charge in [0.1, 0.15) is 11.9 Å². The molecule has 11 heteroatoms. The summed E-state index contributed by atoms with van der Waals surface area (Å²) in [6.45, 7) is 7.00. The number of amides is 5. The van der Waals surface area contributed by atoms with Crippen molar-refractivity contribution < 1.29 is 28.4 Å². The normalized spacial score (nSPS) is 22.6. The van der Waals surface area contributed by atoms with Crippen molar-refractivity contribution in [3.05, 3.63) is 65.0 Å². The number of benzene rings is 2. The van der Waals surface area contributed by atoms with Crippen LogP contribution in [0.2, 0.25) is 0 Å². The van der Waals surface area contributed by atoms with Crippen molar-refractivity contribution in [3.63, 3.8) is 0 Å². The molecule has 2 unspecified atom stereocenters. The molecule has 6 rings (SSSR count). The lowest BCUT2D eigenvalue weighted by Gasteiger charge is -2.40. The van der Waals surface area contributed by atoms with Crippen LogP contribution in [0.5, 0.6) is 0 Å². The van der Waals surface area contributed by atoms with Crippen LogP contribution in [-0.4, -0.2) is 96.1 Å². The zero-order chi connectivity index (χ0) is 30.2. The molecule has 4 heterocycles. The number of rotatable bonds is 6. The van der Waals surface area contributed by atoms with Crippen LogP contribution in [0.1, 0.15) is 64.8 Å². The molecule has 5 amide bonds. The number of nitrogens with zero attached hydrogens (tertiary/aromatic N) is 4. The average Bonchev–Trinajstić information content (AvgIpc) is 3.25. The summed E-state index contributed by atoms with van der Waals surface area (Å²) in [5, 5.41) is 2.17. The first-order valence-electron chi connectivity index (χ1n) is 15.1. The van der Waals surface area contributed by atoms with Crippen LogP contribution in [0, 0.1) is 11.7 Å². The third-order valence-corrected chi connectivity index (χ3v) is 9.33. The SMILES string of the molecule is CC(C(=O)N1CCC(CN2CCN(c3cc4c(cc3F)C(=O)N(C3CCC(=O)NC3=O)C4=O)CC2)CC1)c1ccccc1. The highest BCUT2D eigenvalue weighted by Gasteiger charge is 2.45. The van der Waals surface area contributed by atoms with E-state index in [1.165, 1.54) is 6.07 Å². The second-order valence-corrected chi connectivity index (χ2v) is 12.0. The number of likely N-dealkylation sites (tertiary alicyclic amines) is 1. The van der Waals surface area contributed by atoms with Gasteiger partial charge in [0.2, 0.25) is 17.7 Å². The Morgan fingerprint density at radius 1 is 0.907 bits per heavy atom. The third-order valence-electron chi connectivity index (χ3n) is 9.33. The average molecular weight is 590 g/mol. The predicted octanol–water partition coefficient (Wildman–Crippen LogP) is 2.39. The summed E-state index contributed by atoms with van der Waals surface area (Å²) >= 11 is 0. The highest BCUT2D eigenvalue weighted by Crippen LogP contribution is 2.33. The van der Waals surface area contributed by atoms with Gasteiger partial charge >= 0.3 is 0 Å². The van der Waals surface area contributed by atoms with Crippen LogP contribution in [0.4, 0.5) is 10.1 Å². The van der Waals surface area contributed by atoms with Crippen molar-refractivity contribution in [1.82, 2.24) is 20.0 Å². The molecule has 0 aliphatic carbocycles. The summed E-state index contributed by atoms with van der Waals surface area (Å²) in [7, 11) is 0. The van der Waals surface area contributed by atoms with Crippen LogP contribution < -0.4 is 10.2 Å². The Hall–Kier alpha value is -4.12. The number of hydrogen-bond donors (Lipinski definition) is 1. The summed E-state index contributed by atoms with van der Waals surface area (Å²) in [5.41, 5.74) is 1.33. The van der Waals surface area contributed by atoms with Gasteiger partial charge in [-0.3, -0.25) is 39.1 Å². The minimum absolute atomic E-state index is 0.0262. The van der Waals surface area contributed by atoms with Crippen LogP contribution in [0.15, 0.2) is 42.5 Å². The van der Waals surface area contributed by atoms with E-state index >= 15 is 4.39 Å². The topological polar surface area (TPSA) is 110 Å². The van der Waals surface area contributed by atoms with Crippen molar-refractivity contribution in [1.29, 1.82) is 0 Å². The van der Waals surface area contributed by atoms with E-state index in [9.17, 15) is 24.0 Å².